The van der Waals surface area contributed by atoms with Gasteiger partial charge in [-0.3, -0.25) is 0 Å². The van der Waals surface area contributed by atoms with Gasteiger partial charge in [0.15, 0.2) is 0 Å². The molecule has 0 bridgehead atoms. The summed E-state index contributed by atoms with van der Waals surface area (Å²) in [4.78, 5) is 0. The lowest BCUT2D eigenvalue weighted by molar-refractivity contribution is 1.00. The molecule has 4 heteroatoms. The average Bonchev–Trinajstić information content (AvgIpc) is 2.19. The Balaban J connectivity index is 2.50. The molecule has 1 rings (SSSR count). The van der Waals surface area contributed by atoms with E-state index < -0.39 is 0 Å². The lowest BCUT2D eigenvalue weighted by Crippen LogP contribution is -1.83. The van der Waals surface area contributed by atoms with E-state index in [-0.39, 0.29) is 0 Å². The smallest absolute Gasteiger partial charge is 0.0763 e. The van der Waals surface area contributed by atoms with Crippen molar-refractivity contribution in [2.24, 2.45) is 0 Å². The van der Waals surface area contributed by atoms with Crippen LogP contribution in [-0.4, -0.2) is 14.9 Å². The fourth-order valence-corrected chi connectivity index (χ4v) is 1.28. The maximum Gasteiger partial charge on any atom is 0.0763 e. The molecule has 0 aliphatic heterocycles. The summed E-state index contributed by atoms with van der Waals surface area (Å²) in [5.41, 5.74) is 1.08. The van der Waals surface area contributed by atoms with Crippen molar-refractivity contribution in [1.29, 1.82) is 0 Å². The first kappa shape index (κ1) is 6.16. The summed E-state index contributed by atoms with van der Waals surface area (Å²) >= 11 is 4.71. The molecule has 0 amide bonds. The summed E-state index contributed by atoms with van der Waals surface area (Å²) in [6.45, 7) is 0. The molecule has 44 valence electrons. The minimum atomic E-state index is 0.971. The van der Waals surface area contributed by atoms with Gasteiger partial charge in [0.2, 0.25) is 0 Å². The predicted molar refractivity (Wildman–Crippen MR) is 37.4 cm³/mol. The van der Waals surface area contributed by atoms with Crippen LogP contribution in [-0.2, 0) is 6.42 Å². The first-order valence-corrected chi connectivity index (χ1v) is 4.21. The molecular weight excluding hydrogens is 188 g/mol. The number of aromatic nitrogens is 2. The Hall–Kier alpha value is 0.0400. The van der Waals surface area contributed by atoms with E-state index in [0.29, 0.717) is 0 Å². The summed E-state index contributed by atoms with van der Waals surface area (Å²) in [6, 6.07) is 0. The molecule has 0 aliphatic carbocycles. The van der Waals surface area contributed by atoms with Crippen molar-refractivity contribution >= 4 is 27.5 Å². The van der Waals surface area contributed by atoms with E-state index in [1.165, 1.54) is 11.5 Å². The second-order valence-corrected chi connectivity index (χ2v) is 2.74. The number of nitrogens with zero attached hydrogens (tertiary/aromatic N) is 2. The lowest BCUT2D eigenvalue weighted by atomic mass is 10.4. The Bertz CT molecular complexity index is 140. The highest BCUT2D eigenvalue weighted by Gasteiger charge is 1.91. The summed E-state index contributed by atoms with van der Waals surface area (Å²) < 4.78 is 3.71. The van der Waals surface area contributed by atoms with E-state index in [9.17, 15) is 0 Å². The molecule has 0 N–H and O–H groups in total. The molecule has 1 aromatic heterocycles. The van der Waals surface area contributed by atoms with Crippen LogP contribution in [0.25, 0.3) is 0 Å². The third kappa shape index (κ3) is 1.52. The van der Waals surface area contributed by atoms with Gasteiger partial charge in [0.05, 0.1) is 5.69 Å². The van der Waals surface area contributed by atoms with Crippen molar-refractivity contribution < 1.29 is 0 Å². The maximum absolute atomic E-state index is 3.84. The van der Waals surface area contributed by atoms with E-state index >= 15 is 0 Å². The first-order chi connectivity index (χ1) is 3.93. The van der Waals surface area contributed by atoms with Crippen molar-refractivity contribution in [1.82, 2.24) is 9.59 Å². The van der Waals surface area contributed by atoms with E-state index in [1.807, 2.05) is 5.38 Å². The largest absolute Gasteiger partial charge is 0.143 e. The summed E-state index contributed by atoms with van der Waals surface area (Å²) in [6.07, 6.45) is 0.983. The summed E-state index contributed by atoms with van der Waals surface area (Å²) in [5.74, 6) is 0. The average molecular weight is 193 g/mol. The number of alkyl halides is 1. The molecule has 0 spiro atoms. The number of hydrogen-bond donors (Lipinski definition) is 0. The Morgan fingerprint density at radius 1 is 1.75 bits per heavy atom. The molecule has 0 unspecified atom stereocenters. The number of aryl methyl sites for hydroxylation is 1. The van der Waals surface area contributed by atoms with Gasteiger partial charge in [-0.1, -0.05) is 20.4 Å². The molecule has 0 radical (unpaired) electrons. The van der Waals surface area contributed by atoms with Crippen molar-refractivity contribution in [2.45, 2.75) is 6.42 Å². The predicted octanol–water partition coefficient (Wildman–Crippen LogP) is 1.48. The van der Waals surface area contributed by atoms with Crippen LogP contribution >= 0.6 is 27.5 Å². The molecule has 8 heavy (non-hydrogen) atoms. The summed E-state index contributed by atoms with van der Waals surface area (Å²) in [7, 11) is 0. The van der Waals surface area contributed by atoms with Crippen molar-refractivity contribution in [2.75, 3.05) is 5.33 Å². The fraction of sp³-hybridized carbons (Fsp3) is 0.500. The van der Waals surface area contributed by atoms with E-state index in [0.717, 1.165) is 17.4 Å². The van der Waals surface area contributed by atoms with Crippen molar-refractivity contribution in [3.8, 4) is 0 Å². The molecule has 2 nitrogen and oxygen atoms in total. The summed E-state index contributed by atoms with van der Waals surface area (Å²) in [5, 5.41) is 6.77. The van der Waals surface area contributed by atoms with Crippen LogP contribution in [0.3, 0.4) is 0 Å². The lowest BCUT2D eigenvalue weighted by Gasteiger charge is -1.81. The Kier molecular flexibility index (Phi) is 2.42. The zero-order valence-electron chi connectivity index (χ0n) is 4.17. The van der Waals surface area contributed by atoms with Crippen molar-refractivity contribution in [3.05, 3.63) is 11.1 Å². The molecule has 0 atom stereocenters. The first-order valence-electron chi connectivity index (χ1n) is 2.25. The second-order valence-electron chi connectivity index (χ2n) is 1.34. The monoisotopic (exact) mass is 192 g/mol. The molecule has 1 heterocycles. The topological polar surface area (TPSA) is 25.8 Å². The third-order valence-electron chi connectivity index (χ3n) is 0.756. The van der Waals surface area contributed by atoms with E-state index in [2.05, 4.69) is 25.5 Å². The minimum absolute atomic E-state index is 0.971. The van der Waals surface area contributed by atoms with Crippen LogP contribution < -0.4 is 0 Å². The Morgan fingerprint density at radius 2 is 2.62 bits per heavy atom. The van der Waals surface area contributed by atoms with Gasteiger partial charge >= 0.3 is 0 Å². The van der Waals surface area contributed by atoms with E-state index in [4.69, 9.17) is 0 Å². The fourth-order valence-electron chi connectivity index (χ4n) is 0.390. The third-order valence-corrected chi connectivity index (χ3v) is 1.71. The number of halogens is 1. The van der Waals surface area contributed by atoms with Crippen LogP contribution in [0.1, 0.15) is 5.69 Å². The highest BCUT2D eigenvalue weighted by molar-refractivity contribution is 9.09. The molecule has 0 saturated heterocycles. The van der Waals surface area contributed by atoms with E-state index in [1.54, 1.807) is 0 Å². The SMILES string of the molecule is BrCCc1csnn1. The molecule has 0 fully saturated rings. The Labute approximate surface area is 60.2 Å². The van der Waals surface area contributed by atoms with Crippen LogP contribution in [0.5, 0.6) is 0 Å². The minimum Gasteiger partial charge on any atom is -0.143 e. The zero-order valence-corrected chi connectivity index (χ0v) is 6.57. The highest BCUT2D eigenvalue weighted by atomic mass is 79.9. The highest BCUT2D eigenvalue weighted by Crippen LogP contribution is 1.98. The van der Waals surface area contributed by atoms with Gasteiger partial charge < -0.3 is 0 Å². The van der Waals surface area contributed by atoms with Gasteiger partial charge in [0.1, 0.15) is 0 Å². The molecule has 0 aromatic carbocycles. The Morgan fingerprint density at radius 3 is 3.12 bits per heavy atom. The van der Waals surface area contributed by atoms with Crippen LogP contribution in [0.2, 0.25) is 0 Å². The van der Waals surface area contributed by atoms with Gasteiger partial charge in [0, 0.05) is 17.1 Å². The molecule has 1 aromatic rings. The normalized spacial score (nSPS) is 9.62. The van der Waals surface area contributed by atoms with Crippen LogP contribution in [0.15, 0.2) is 5.38 Å². The standard InChI is InChI=1S/C4H5BrN2S/c5-2-1-4-3-8-7-6-4/h3H,1-2H2. The molecule has 0 aliphatic rings. The molecule has 0 saturated carbocycles. The van der Waals surface area contributed by atoms with Crippen LogP contribution in [0, 0.1) is 0 Å². The van der Waals surface area contributed by atoms with Gasteiger partial charge in [-0.2, -0.15) is 0 Å². The second kappa shape index (κ2) is 3.14. The quantitative estimate of drug-likeness (QED) is 0.664. The van der Waals surface area contributed by atoms with Gasteiger partial charge in [-0.05, 0) is 11.5 Å². The van der Waals surface area contributed by atoms with Crippen LogP contribution in [0.4, 0.5) is 0 Å². The van der Waals surface area contributed by atoms with Gasteiger partial charge in [-0.25, -0.2) is 0 Å². The number of hydrogen-bond acceptors (Lipinski definition) is 3. The zero-order chi connectivity index (χ0) is 5.82. The molecular formula is C4H5BrN2S. The maximum atomic E-state index is 3.84. The number of rotatable bonds is 2. The van der Waals surface area contributed by atoms with Crippen molar-refractivity contribution in [3.63, 3.8) is 0 Å². The van der Waals surface area contributed by atoms with Gasteiger partial charge in [0.25, 0.3) is 0 Å². The van der Waals surface area contributed by atoms with Gasteiger partial charge in [-0.15, -0.1) is 5.10 Å².